The number of anilines is 2. The van der Waals surface area contributed by atoms with Gasteiger partial charge in [0.1, 0.15) is 17.8 Å². The molecule has 0 bridgehead atoms. The minimum absolute atomic E-state index is 0.0957. The Morgan fingerprint density at radius 2 is 1.96 bits per heavy atom. The smallest absolute Gasteiger partial charge is 0.340 e. The quantitative estimate of drug-likeness (QED) is 0.842. The highest BCUT2D eigenvalue weighted by atomic mass is 16.5. The number of benzene rings is 1. The first-order chi connectivity index (χ1) is 12.2. The van der Waals surface area contributed by atoms with E-state index in [1.54, 1.807) is 36.1 Å². The standard InChI is InChI=1S/C18H20N4O3/c1-2-25-18(24)13-7-3-4-8-14(13)21-16-11-15(19-12-20-16)17(23)22-9-5-6-10-22/h3-4,7-8,11-12H,2,5-6,9-10H2,1H3,(H,19,20,21). The molecule has 2 aromatic rings. The average molecular weight is 340 g/mol. The highest BCUT2D eigenvalue weighted by Crippen LogP contribution is 2.21. The average Bonchev–Trinajstić information content (AvgIpc) is 3.16. The molecule has 0 unspecified atom stereocenters. The number of hydrogen-bond donors (Lipinski definition) is 1. The van der Waals surface area contributed by atoms with Crippen molar-refractivity contribution in [1.82, 2.24) is 14.9 Å². The minimum atomic E-state index is -0.409. The Bertz CT molecular complexity index is 772. The maximum Gasteiger partial charge on any atom is 0.340 e. The Hall–Kier alpha value is -2.96. The van der Waals surface area contributed by atoms with E-state index in [1.165, 1.54) is 6.33 Å². The van der Waals surface area contributed by atoms with Crippen molar-refractivity contribution in [1.29, 1.82) is 0 Å². The number of hydrogen-bond acceptors (Lipinski definition) is 6. The molecule has 130 valence electrons. The van der Waals surface area contributed by atoms with Crippen molar-refractivity contribution in [2.45, 2.75) is 19.8 Å². The third kappa shape index (κ3) is 3.93. The molecule has 7 heteroatoms. The first kappa shape index (κ1) is 16.9. The molecule has 1 aliphatic rings. The second-order valence-corrected chi connectivity index (χ2v) is 5.68. The molecule has 1 N–H and O–H groups in total. The summed E-state index contributed by atoms with van der Waals surface area (Å²) in [6.07, 6.45) is 3.39. The zero-order chi connectivity index (χ0) is 17.6. The van der Waals surface area contributed by atoms with Crippen LogP contribution in [0.25, 0.3) is 0 Å². The molecule has 1 saturated heterocycles. The molecule has 0 aliphatic carbocycles. The Morgan fingerprint density at radius 3 is 2.72 bits per heavy atom. The molecule has 1 aromatic heterocycles. The molecule has 0 atom stereocenters. The van der Waals surface area contributed by atoms with Crippen molar-refractivity contribution in [2.75, 3.05) is 25.0 Å². The Morgan fingerprint density at radius 1 is 1.20 bits per heavy atom. The predicted octanol–water partition coefficient (Wildman–Crippen LogP) is 2.63. The van der Waals surface area contributed by atoms with Crippen LogP contribution < -0.4 is 5.32 Å². The monoisotopic (exact) mass is 340 g/mol. The summed E-state index contributed by atoms with van der Waals surface area (Å²) in [7, 11) is 0. The summed E-state index contributed by atoms with van der Waals surface area (Å²) in [6, 6.07) is 8.61. The molecule has 3 rings (SSSR count). The molecule has 25 heavy (non-hydrogen) atoms. The molecule has 1 fully saturated rings. The molecular formula is C18H20N4O3. The van der Waals surface area contributed by atoms with Crippen LogP contribution in [-0.4, -0.2) is 46.4 Å². The van der Waals surface area contributed by atoms with Crippen molar-refractivity contribution < 1.29 is 14.3 Å². The van der Waals surface area contributed by atoms with Gasteiger partial charge in [0.15, 0.2) is 0 Å². The molecule has 1 amide bonds. The number of aromatic nitrogens is 2. The third-order valence-electron chi connectivity index (χ3n) is 3.96. The van der Waals surface area contributed by atoms with Crippen molar-refractivity contribution in [3.8, 4) is 0 Å². The summed E-state index contributed by atoms with van der Waals surface area (Å²) in [5.74, 6) is -0.0519. The van der Waals surface area contributed by atoms with E-state index in [0.717, 1.165) is 25.9 Å². The third-order valence-corrected chi connectivity index (χ3v) is 3.96. The van der Waals surface area contributed by atoms with Crippen LogP contribution in [0.1, 0.15) is 40.6 Å². The van der Waals surface area contributed by atoms with Crippen molar-refractivity contribution >= 4 is 23.4 Å². The lowest BCUT2D eigenvalue weighted by Crippen LogP contribution is -2.28. The summed E-state index contributed by atoms with van der Waals surface area (Å²) in [6.45, 7) is 3.58. The van der Waals surface area contributed by atoms with Gasteiger partial charge < -0.3 is 15.0 Å². The number of ether oxygens (including phenoxy) is 1. The van der Waals surface area contributed by atoms with Gasteiger partial charge >= 0.3 is 5.97 Å². The molecule has 1 aromatic carbocycles. The molecule has 0 spiro atoms. The van der Waals surface area contributed by atoms with E-state index < -0.39 is 5.97 Å². The van der Waals surface area contributed by atoms with E-state index in [1.807, 2.05) is 6.07 Å². The van der Waals surface area contributed by atoms with E-state index in [9.17, 15) is 9.59 Å². The number of carbonyl (C=O) groups is 2. The number of rotatable bonds is 5. The van der Waals surface area contributed by atoms with Crippen molar-refractivity contribution in [2.24, 2.45) is 0 Å². The predicted molar refractivity (Wildman–Crippen MR) is 92.9 cm³/mol. The zero-order valence-electron chi connectivity index (χ0n) is 14.1. The summed E-state index contributed by atoms with van der Waals surface area (Å²) in [5.41, 5.74) is 1.32. The number of carbonyl (C=O) groups excluding carboxylic acids is 2. The van der Waals surface area contributed by atoms with Gasteiger partial charge in [-0.05, 0) is 31.9 Å². The maximum atomic E-state index is 12.4. The number of likely N-dealkylation sites (tertiary alicyclic amines) is 1. The summed E-state index contributed by atoms with van der Waals surface area (Å²) in [5, 5.41) is 3.08. The van der Waals surface area contributed by atoms with E-state index >= 15 is 0 Å². The van der Waals surface area contributed by atoms with E-state index in [2.05, 4.69) is 15.3 Å². The van der Waals surface area contributed by atoms with Crippen LogP contribution in [0.15, 0.2) is 36.7 Å². The fourth-order valence-electron chi connectivity index (χ4n) is 2.74. The first-order valence-electron chi connectivity index (χ1n) is 8.33. The second-order valence-electron chi connectivity index (χ2n) is 5.68. The number of esters is 1. The van der Waals surface area contributed by atoms with E-state index in [-0.39, 0.29) is 5.91 Å². The van der Waals surface area contributed by atoms with Crippen molar-refractivity contribution in [3.63, 3.8) is 0 Å². The SMILES string of the molecule is CCOC(=O)c1ccccc1Nc1cc(C(=O)N2CCCC2)ncn1. The normalized spacial score (nSPS) is 13.6. The Balaban J connectivity index is 1.81. The molecule has 7 nitrogen and oxygen atoms in total. The fourth-order valence-corrected chi connectivity index (χ4v) is 2.74. The highest BCUT2D eigenvalue weighted by Gasteiger charge is 2.21. The molecule has 0 saturated carbocycles. The van der Waals surface area contributed by atoms with Crippen LogP contribution in [0.3, 0.4) is 0 Å². The number of amides is 1. The highest BCUT2D eigenvalue weighted by molar-refractivity contribution is 5.97. The van der Waals surface area contributed by atoms with Gasteiger partial charge in [0, 0.05) is 19.2 Å². The largest absolute Gasteiger partial charge is 0.462 e. The van der Waals surface area contributed by atoms with Gasteiger partial charge in [-0.2, -0.15) is 0 Å². The van der Waals surface area contributed by atoms with Gasteiger partial charge in [-0.25, -0.2) is 14.8 Å². The summed E-state index contributed by atoms with van der Waals surface area (Å²) >= 11 is 0. The number of para-hydroxylation sites is 1. The summed E-state index contributed by atoms with van der Waals surface area (Å²) < 4.78 is 5.06. The Kier molecular flexibility index (Phi) is 5.23. The lowest BCUT2D eigenvalue weighted by Gasteiger charge is -2.15. The van der Waals surface area contributed by atoms with E-state index in [0.29, 0.717) is 29.4 Å². The van der Waals surface area contributed by atoms with Crippen LogP contribution in [0.4, 0.5) is 11.5 Å². The van der Waals surface area contributed by atoms with E-state index in [4.69, 9.17) is 4.74 Å². The van der Waals surface area contributed by atoms with Gasteiger partial charge in [0.25, 0.3) is 5.91 Å². The second kappa shape index (κ2) is 7.74. The molecule has 0 radical (unpaired) electrons. The first-order valence-corrected chi connectivity index (χ1v) is 8.33. The van der Waals surface area contributed by atoms with Gasteiger partial charge in [-0.15, -0.1) is 0 Å². The van der Waals surface area contributed by atoms with Gasteiger partial charge in [0.05, 0.1) is 17.9 Å². The molecule has 1 aliphatic heterocycles. The number of nitrogens with one attached hydrogen (secondary N) is 1. The summed E-state index contributed by atoms with van der Waals surface area (Å²) in [4.78, 5) is 34.5. The fraction of sp³-hybridized carbons (Fsp3) is 0.333. The van der Waals surface area contributed by atoms with Crippen LogP contribution in [0.2, 0.25) is 0 Å². The topological polar surface area (TPSA) is 84.4 Å². The number of nitrogens with zero attached hydrogens (tertiary/aromatic N) is 3. The van der Waals surface area contributed by atoms with Crippen LogP contribution in [-0.2, 0) is 4.74 Å². The van der Waals surface area contributed by atoms with Crippen LogP contribution >= 0.6 is 0 Å². The molecular weight excluding hydrogens is 320 g/mol. The lowest BCUT2D eigenvalue weighted by molar-refractivity contribution is 0.0527. The van der Waals surface area contributed by atoms with Gasteiger partial charge in [-0.3, -0.25) is 4.79 Å². The van der Waals surface area contributed by atoms with Crippen LogP contribution in [0, 0.1) is 0 Å². The van der Waals surface area contributed by atoms with Crippen molar-refractivity contribution in [3.05, 3.63) is 47.9 Å². The minimum Gasteiger partial charge on any atom is -0.462 e. The van der Waals surface area contributed by atoms with Gasteiger partial charge in [-0.1, -0.05) is 12.1 Å². The lowest BCUT2D eigenvalue weighted by atomic mass is 10.2. The molecule has 2 heterocycles. The maximum absolute atomic E-state index is 12.4. The zero-order valence-corrected chi connectivity index (χ0v) is 14.1. The van der Waals surface area contributed by atoms with Gasteiger partial charge in [0.2, 0.25) is 0 Å². The van der Waals surface area contributed by atoms with Crippen LogP contribution in [0.5, 0.6) is 0 Å². The Labute approximate surface area is 146 Å².